The zero-order valence-electron chi connectivity index (χ0n) is 8.14. The third kappa shape index (κ3) is 25.4. The van der Waals surface area contributed by atoms with E-state index in [2.05, 4.69) is 23.8 Å². The molecule has 0 aromatic rings. The number of hydrogen-bond acceptors (Lipinski definition) is 0. The van der Waals surface area contributed by atoms with E-state index >= 15 is 0 Å². The molecule has 0 unspecified atom stereocenters. The first-order valence-electron chi connectivity index (χ1n) is 3.55. The van der Waals surface area contributed by atoms with E-state index in [0.29, 0.717) is 18.6 Å². The Balaban J connectivity index is 0. The monoisotopic (exact) mass is 335 g/mol. The van der Waals surface area contributed by atoms with Gasteiger partial charge in [-0.3, -0.25) is 0 Å². The second-order valence-electron chi connectivity index (χ2n) is 2.73. The van der Waals surface area contributed by atoms with Crippen molar-refractivity contribution in [3.05, 3.63) is 24.3 Å². The van der Waals surface area contributed by atoms with E-state index in [9.17, 15) is 0 Å². The second-order valence-corrected chi connectivity index (χ2v) is 5.00. The minimum absolute atomic E-state index is 0.583. The molecular weight excluding hydrogens is 315 g/mol. The van der Waals surface area contributed by atoms with Crippen LogP contribution in [0.3, 0.4) is 0 Å². The normalized spacial score (nSPS) is 8.36. The number of hydrogen-bond donors (Lipinski definition) is 0. The van der Waals surface area contributed by atoms with Crippen LogP contribution in [0.2, 0.25) is 10.6 Å². The van der Waals surface area contributed by atoms with E-state index in [1.807, 2.05) is 13.8 Å². The summed E-state index contributed by atoms with van der Waals surface area (Å²) < 4.78 is 0. The van der Waals surface area contributed by atoms with Gasteiger partial charge in [0.1, 0.15) is 0 Å². The molecule has 0 spiro atoms. The maximum atomic E-state index is 3.79. The Morgan fingerprint density at radius 2 is 1.18 bits per heavy atom. The Labute approximate surface area is 80.3 Å². The molecule has 0 aliphatic rings. The van der Waals surface area contributed by atoms with Crippen LogP contribution in [0.15, 0.2) is 24.3 Å². The standard InChI is InChI=1S/C8H14.2CH3.Pt/c1-7(2)5-6-8(3)4;;;/h1,3,5-6H2,2,4H3;2*1H3;. The SMILES string of the molecule is C=C(C)CCC(=C)C.[CH3][Pt][CH3]. The van der Waals surface area contributed by atoms with E-state index in [-0.39, 0.29) is 0 Å². The van der Waals surface area contributed by atoms with Gasteiger partial charge in [-0.2, -0.15) is 0 Å². The van der Waals surface area contributed by atoms with Crippen molar-refractivity contribution in [1.82, 2.24) is 0 Å². The third-order valence-electron chi connectivity index (χ3n) is 0.979. The van der Waals surface area contributed by atoms with Crippen LogP contribution >= 0.6 is 0 Å². The molecule has 0 aliphatic heterocycles. The summed E-state index contributed by atoms with van der Waals surface area (Å²) in [6, 6.07) is 0. The second kappa shape index (κ2) is 10.2. The van der Waals surface area contributed by atoms with Gasteiger partial charge in [0.2, 0.25) is 0 Å². The predicted molar refractivity (Wildman–Crippen MR) is 50.6 cm³/mol. The fourth-order valence-corrected chi connectivity index (χ4v) is 0.427. The average Bonchev–Trinajstić information content (AvgIpc) is 1.85. The summed E-state index contributed by atoms with van der Waals surface area (Å²) in [4.78, 5) is 0. The maximum absolute atomic E-state index is 3.79. The fraction of sp³-hybridized carbons (Fsp3) is 0.600. The fourth-order valence-electron chi connectivity index (χ4n) is 0.427. The molecule has 0 radical (unpaired) electrons. The van der Waals surface area contributed by atoms with Gasteiger partial charge in [0.25, 0.3) is 0 Å². The molecule has 0 aliphatic carbocycles. The summed E-state index contributed by atoms with van der Waals surface area (Å²) in [7, 11) is 0. The third-order valence-corrected chi connectivity index (χ3v) is 0.979. The topological polar surface area (TPSA) is 0 Å². The van der Waals surface area contributed by atoms with Gasteiger partial charge in [-0.25, -0.2) is 0 Å². The van der Waals surface area contributed by atoms with Gasteiger partial charge in [-0.1, -0.05) is 11.1 Å². The van der Waals surface area contributed by atoms with Crippen LogP contribution in [0.25, 0.3) is 0 Å². The zero-order chi connectivity index (χ0) is 9.28. The summed E-state index contributed by atoms with van der Waals surface area (Å²) in [5, 5.41) is 4.47. The van der Waals surface area contributed by atoms with Gasteiger partial charge >= 0.3 is 29.2 Å². The molecule has 0 aromatic heterocycles. The van der Waals surface area contributed by atoms with Crippen LogP contribution in [-0.4, -0.2) is 0 Å². The van der Waals surface area contributed by atoms with Gasteiger partial charge in [0.15, 0.2) is 0 Å². The van der Waals surface area contributed by atoms with Crippen LogP contribution in [0.4, 0.5) is 0 Å². The van der Waals surface area contributed by atoms with Crippen LogP contribution in [0.1, 0.15) is 26.7 Å². The molecular formula is C10H20Pt. The van der Waals surface area contributed by atoms with Gasteiger partial charge in [0.05, 0.1) is 0 Å². The summed E-state index contributed by atoms with van der Waals surface area (Å²) in [5.41, 5.74) is 2.49. The Morgan fingerprint density at radius 1 is 1.00 bits per heavy atom. The van der Waals surface area contributed by atoms with Crippen molar-refractivity contribution in [3.8, 4) is 0 Å². The molecule has 0 nitrogen and oxygen atoms in total. The van der Waals surface area contributed by atoms with Gasteiger partial charge in [-0.15, -0.1) is 13.2 Å². The van der Waals surface area contributed by atoms with Gasteiger partial charge < -0.3 is 0 Å². The molecule has 0 atom stereocenters. The summed E-state index contributed by atoms with van der Waals surface area (Å²) in [5.74, 6) is 0. The average molecular weight is 335 g/mol. The van der Waals surface area contributed by atoms with E-state index < -0.39 is 0 Å². The van der Waals surface area contributed by atoms with E-state index in [4.69, 9.17) is 0 Å². The molecule has 0 saturated carbocycles. The molecule has 0 rings (SSSR count). The van der Waals surface area contributed by atoms with Crippen molar-refractivity contribution in [2.24, 2.45) is 0 Å². The molecule has 0 N–H and O–H groups in total. The predicted octanol–water partition coefficient (Wildman–Crippen LogP) is 4.08. The first kappa shape index (κ1) is 13.7. The minimum atomic E-state index is 0.583. The molecule has 0 aromatic carbocycles. The zero-order valence-corrected chi connectivity index (χ0v) is 10.4. The Bertz CT molecular complexity index is 100. The Hall–Kier alpha value is 0.168. The van der Waals surface area contributed by atoms with Crippen molar-refractivity contribution in [1.29, 1.82) is 0 Å². The summed E-state index contributed by atoms with van der Waals surface area (Å²) in [6.45, 7) is 11.7. The van der Waals surface area contributed by atoms with Crippen LogP contribution < -0.4 is 0 Å². The van der Waals surface area contributed by atoms with Gasteiger partial charge in [0, 0.05) is 0 Å². The van der Waals surface area contributed by atoms with Gasteiger partial charge in [-0.05, 0) is 26.7 Å². The number of allylic oxidation sites excluding steroid dienone is 2. The molecule has 0 fully saturated rings. The molecule has 0 heterocycles. The quantitative estimate of drug-likeness (QED) is 0.682. The molecule has 70 valence electrons. The van der Waals surface area contributed by atoms with Crippen molar-refractivity contribution < 1.29 is 18.6 Å². The van der Waals surface area contributed by atoms with E-state index in [1.54, 1.807) is 0 Å². The molecule has 0 amide bonds. The van der Waals surface area contributed by atoms with E-state index in [0.717, 1.165) is 12.8 Å². The van der Waals surface area contributed by atoms with Crippen molar-refractivity contribution in [3.63, 3.8) is 0 Å². The Kier molecular flexibility index (Phi) is 12.7. The van der Waals surface area contributed by atoms with Crippen LogP contribution in [0, 0.1) is 0 Å². The van der Waals surface area contributed by atoms with Crippen molar-refractivity contribution >= 4 is 0 Å². The van der Waals surface area contributed by atoms with E-state index in [1.165, 1.54) is 11.1 Å². The Morgan fingerprint density at radius 3 is 1.27 bits per heavy atom. The van der Waals surface area contributed by atoms with Crippen molar-refractivity contribution in [2.45, 2.75) is 37.3 Å². The molecule has 0 saturated heterocycles. The number of rotatable bonds is 3. The van der Waals surface area contributed by atoms with Crippen molar-refractivity contribution in [2.75, 3.05) is 0 Å². The van der Waals surface area contributed by atoms with Crippen LogP contribution in [-0.2, 0) is 18.6 Å². The summed E-state index contributed by atoms with van der Waals surface area (Å²) >= 11 is 0.583. The summed E-state index contributed by atoms with van der Waals surface area (Å²) in [6.07, 6.45) is 2.19. The first-order valence-corrected chi connectivity index (χ1v) is 8.09. The molecule has 0 bridgehead atoms. The van der Waals surface area contributed by atoms with Crippen LogP contribution in [0.5, 0.6) is 0 Å². The molecule has 11 heavy (non-hydrogen) atoms. The molecule has 1 heteroatoms. The first-order chi connectivity index (χ1) is 5.04.